The molecule has 0 saturated carbocycles. The van der Waals surface area contributed by atoms with Crippen LogP contribution in [0.15, 0.2) is 60.2 Å². The molecule has 8 nitrogen and oxygen atoms in total. The van der Waals surface area contributed by atoms with Gasteiger partial charge in [0, 0.05) is 24.8 Å². The van der Waals surface area contributed by atoms with E-state index in [2.05, 4.69) is 20.1 Å². The second kappa shape index (κ2) is 13.4. The first-order valence-corrected chi connectivity index (χ1v) is 12.2. The van der Waals surface area contributed by atoms with Gasteiger partial charge in [-0.25, -0.2) is 9.97 Å². The van der Waals surface area contributed by atoms with Gasteiger partial charge in [-0.05, 0) is 54.5 Å². The SMILES string of the molecule is CC(=NC#N)N(C)Cc1ccc(Cl)nc1.CC(C)(C)C(O)(CCc1ccc(Cl)cc1)Cn1cncn1. The molecule has 0 amide bonds. The van der Waals surface area contributed by atoms with Crippen molar-refractivity contribution in [2.45, 2.75) is 59.2 Å². The third-order valence-corrected chi connectivity index (χ3v) is 6.47. The number of nitrogens with zero attached hydrogens (tertiary/aromatic N) is 7. The van der Waals surface area contributed by atoms with Gasteiger partial charge in [0.05, 0.1) is 12.1 Å². The third kappa shape index (κ3) is 9.23. The molecule has 36 heavy (non-hydrogen) atoms. The lowest BCUT2D eigenvalue weighted by Gasteiger charge is -2.40. The van der Waals surface area contributed by atoms with E-state index >= 15 is 0 Å². The molecule has 0 radical (unpaired) electrons. The van der Waals surface area contributed by atoms with Crippen molar-refractivity contribution < 1.29 is 5.11 Å². The van der Waals surface area contributed by atoms with E-state index in [4.69, 9.17) is 28.5 Å². The average Bonchev–Trinajstić information content (AvgIpc) is 3.33. The van der Waals surface area contributed by atoms with Crippen LogP contribution in [0.5, 0.6) is 0 Å². The number of amidine groups is 1. The number of aliphatic imine (C=N–C) groups is 1. The Hall–Kier alpha value is -2.99. The summed E-state index contributed by atoms with van der Waals surface area (Å²) in [6, 6.07) is 11.4. The zero-order valence-corrected chi connectivity index (χ0v) is 22.9. The summed E-state index contributed by atoms with van der Waals surface area (Å²) in [6.07, 6.45) is 8.03. The minimum absolute atomic E-state index is 0.259. The zero-order chi connectivity index (χ0) is 26.8. The van der Waals surface area contributed by atoms with Crippen molar-refractivity contribution in [2.24, 2.45) is 10.4 Å². The summed E-state index contributed by atoms with van der Waals surface area (Å²) in [5.74, 6) is 0.674. The van der Waals surface area contributed by atoms with Gasteiger partial charge in [-0.2, -0.15) is 15.4 Å². The normalized spacial score (nSPS) is 13.2. The Morgan fingerprint density at radius 3 is 2.33 bits per heavy atom. The van der Waals surface area contributed by atoms with Crippen LogP contribution in [0.3, 0.4) is 0 Å². The van der Waals surface area contributed by atoms with Crippen LogP contribution in [0.1, 0.15) is 45.2 Å². The average molecular weight is 531 g/mol. The van der Waals surface area contributed by atoms with Gasteiger partial charge < -0.3 is 10.0 Å². The predicted molar refractivity (Wildman–Crippen MR) is 144 cm³/mol. The smallest absolute Gasteiger partial charge is 0.207 e. The van der Waals surface area contributed by atoms with Crippen LogP contribution >= 0.6 is 23.2 Å². The molecule has 10 heteroatoms. The Morgan fingerprint density at radius 2 is 1.81 bits per heavy atom. The molecule has 0 saturated heterocycles. The summed E-state index contributed by atoms with van der Waals surface area (Å²) in [7, 11) is 1.87. The van der Waals surface area contributed by atoms with E-state index in [1.54, 1.807) is 36.4 Å². The van der Waals surface area contributed by atoms with E-state index in [0.717, 1.165) is 17.0 Å². The van der Waals surface area contributed by atoms with E-state index in [-0.39, 0.29) is 5.41 Å². The van der Waals surface area contributed by atoms with E-state index < -0.39 is 5.60 Å². The first-order valence-electron chi connectivity index (χ1n) is 11.5. The zero-order valence-electron chi connectivity index (χ0n) is 21.4. The van der Waals surface area contributed by atoms with Crippen molar-refractivity contribution in [3.8, 4) is 6.19 Å². The number of benzene rings is 1. The monoisotopic (exact) mass is 529 g/mol. The molecule has 2 aromatic heterocycles. The minimum atomic E-state index is -0.861. The van der Waals surface area contributed by atoms with Gasteiger partial charge in [0.2, 0.25) is 6.19 Å². The van der Waals surface area contributed by atoms with Crippen molar-refractivity contribution in [3.05, 3.63) is 76.6 Å². The topological polar surface area (TPSA) is 103 Å². The highest BCUT2D eigenvalue weighted by atomic mass is 35.5. The molecule has 3 aromatic rings. The van der Waals surface area contributed by atoms with Crippen LogP contribution < -0.4 is 0 Å². The fourth-order valence-corrected chi connectivity index (χ4v) is 3.56. The molecule has 0 bridgehead atoms. The number of halogens is 2. The summed E-state index contributed by atoms with van der Waals surface area (Å²) in [5.41, 5.74) is 1.07. The molecule has 1 N–H and O–H groups in total. The molecule has 1 unspecified atom stereocenters. The number of aryl methyl sites for hydroxylation is 1. The number of nitriles is 1. The van der Waals surface area contributed by atoms with Gasteiger partial charge in [0.25, 0.3) is 0 Å². The molecule has 0 fully saturated rings. The number of aromatic nitrogens is 4. The van der Waals surface area contributed by atoms with Gasteiger partial charge in [-0.3, -0.25) is 4.68 Å². The molecule has 0 aliphatic carbocycles. The lowest BCUT2D eigenvalue weighted by atomic mass is 9.73. The Balaban J connectivity index is 0.000000269. The molecule has 2 heterocycles. The lowest BCUT2D eigenvalue weighted by molar-refractivity contribution is -0.0796. The molecule has 1 aromatic carbocycles. The number of pyridine rings is 1. The standard InChI is InChI=1S/C16H22ClN3O.C10H11ClN4/c1-15(2,3)16(21,10-20-12-18-11-19-20)9-8-13-4-6-14(17)7-5-13;1-8(14-7-12)15(2)6-9-3-4-10(11)13-5-9/h4-7,11-12,21H,8-10H2,1-3H3;3-5H,6H2,1-2H3. The molecule has 0 aliphatic rings. The summed E-state index contributed by atoms with van der Waals surface area (Å²) in [6.45, 7) is 9.02. The molecule has 3 rings (SSSR count). The third-order valence-electron chi connectivity index (χ3n) is 6.00. The molecule has 192 valence electrons. The Morgan fingerprint density at radius 1 is 1.14 bits per heavy atom. The van der Waals surface area contributed by atoms with Crippen LogP contribution in [-0.4, -0.2) is 48.2 Å². The van der Waals surface area contributed by atoms with Crippen LogP contribution in [0.2, 0.25) is 10.2 Å². The van der Waals surface area contributed by atoms with Crippen molar-refractivity contribution in [3.63, 3.8) is 0 Å². The highest BCUT2D eigenvalue weighted by Gasteiger charge is 2.40. The van der Waals surface area contributed by atoms with E-state index in [9.17, 15) is 5.11 Å². The maximum atomic E-state index is 11.1. The van der Waals surface area contributed by atoms with Crippen LogP contribution in [-0.2, 0) is 19.5 Å². The minimum Gasteiger partial charge on any atom is -0.387 e. The fourth-order valence-electron chi connectivity index (χ4n) is 3.32. The first kappa shape index (κ1) is 29.2. The van der Waals surface area contributed by atoms with Gasteiger partial charge in [0.15, 0.2) is 0 Å². The fraction of sp³-hybridized carbons (Fsp3) is 0.423. The number of rotatable bonds is 7. The van der Waals surface area contributed by atoms with Crippen molar-refractivity contribution >= 4 is 29.0 Å². The highest BCUT2D eigenvalue weighted by Crippen LogP contribution is 2.35. The maximum Gasteiger partial charge on any atom is 0.207 e. The number of hydrogen-bond acceptors (Lipinski definition) is 6. The highest BCUT2D eigenvalue weighted by molar-refractivity contribution is 6.30. The molecular formula is C26H33Cl2N7O. The van der Waals surface area contributed by atoms with E-state index in [0.29, 0.717) is 30.5 Å². The van der Waals surface area contributed by atoms with Gasteiger partial charge in [-0.15, -0.1) is 0 Å². The van der Waals surface area contributed by atoms with Gasteiger partial charge in [-0.1, -0.05) is 62.2 Å². The van der Waals surface area contributed by atoms with Crippen LogP contribution in [0.25, 0.3) is 0 Å². The van der Waals surface area contributed by atoms with Crippen molar-refractivity contribution in [1.82, 2.24) is 24.6 Å². The van der Waals surface area contributed by atoms with E-state index in [1.807, 2.05) is 63.1 Å². The molecular weight excluding hydrogens is 497 g/mol. The van der Waals surface area contributed by atoms with Crippen LogP contribution in [0.4, 0.5) is 0 Å². The van der Waals surface area contributed by atoms with Gasteiger partial charge >= 0.3 is 0 Å². The molecule has 0 spiro atoms. The summed E-state index contributed by atoms with van der Waals surface area (Å²) in [4.78, 5) is 13.4. The lowest BCUT2D eigenvalue weighted by Crippen LogP contribution is -2.47. The molecule has 0 aliphatic heterocycles. The Labute approximate surface area is 223 Å². The number of aliphatic hydroxyl groups is 1. The van der Waals surface area contributed by atoms with Crippen molar-refractivity contribution in [2.75, 3.05) is 7.05 Å². The summed E-state index contributed by atoms with van der Waals surface area (Å²) in [5, 5.41) is 24.8. The van der Waals surface area contributed by atoms with Gasteiger partial charge in [0.1, 0.15) is 23.6 Å². The Kier molecular flexibility index (Phi) is 10.8. The maximum absolute atomic E-state index is 11.1. The van der Waals surface area contributed by atoms with Crippen molar-refractivity contribution in [1.29, 1.82) is 5.26 Å². The summed E-state index contributed by atoms with van der Waals surface area (Å²) < 4.78 is 1.69. The van der Waals surface area contributed by atoms with E-state index in [1.165, 1.54) is 11.9 Å². The number of hydrogen-bond donors (Lipinski definition) is 1. The Bertz CT molecular complexity index is 1140. The summed E-state index contributed by atoms with van der Waals surface area (Å²) >= 11 is 11.6. The largest absolute Gasteiger partial charge is 0.387 e. The van der Waals surface area contributed by atoms with Crippen LogP contribution in [0, 0.1) is 16.9 Å². The second-order valence-corrected chi connectivity index (χ2v) is 10.4. The second-order valence-electron chi connectivity index (χ2n) is 9.61. The predicted octanol–water partition coefficient (Wildman–Crippen LogP) is 5.41. The molecule has 1 atom stereocenters. The first-order chi connectivity index (χ1) is 16.9. The quantitative estimate of drug-likeness (QED) is 0.190.